The molecule has 1 spiro atoms. The molecule has 0 aromatic heterocycles. The van der Waals surface area contributed by atoms with Gasteiger partial charge in [0.1, 0.15) is 23.3 Å². The zero-order chi connectivity index (χ0) is 24.2. The maximum absolute atomic E-state index is 12.6. The lowest BCUT2D eigenvalue weighted by molar-refractivity contribution is -0.114. The summed E-state index contributed by atoms with van der Waals surface area (Å²) in [6.45, 7) is 1.38. The van der Waals surface area contributed by atoms with Crippen molar-refractivity contribution < 1.29 is 24.2 Å². The Kier molecular flexibility index (Phi) is 9.44. The van der Waals surface area contributed by atoms with Crippen LogP contribution >= 0.6 is 63.7 Å². The number of oxime groups is 1. The van der Waals surface area contributed by atoms with Crippen LogP contribution in [0, 0.1) is 0 Å². The monoisotopic (exact) mass is 713 g/mol. The lowest BCUT2D eigenvalue weighted by Gasteiger charge is -2.33. The Morgan fingerprint density at radius 1 is 1.33 bits per heavy atom. The number of carbonyl (C=O) groups excluding carboxylic acids is 1. The highest BCUT2D eigenvalue weighted by atomic mass is 79.9. The fraction of sp³-hybridized carbons (Fsp3) is 0.429. The molecule has 0 saturated heterocycles. The number of carbonyl (C=O) groups is 1. The molecule has 8 nitrogen and oxygen atoms in total. The minimum Gasteiger partial charge on any atom is -0.495 e. The highest BCUT2D eigenvalue weighted by molar-refractivity contribution is 9.12. The fourth-order valence-electron chi connectivity index (χ4n) is 3.43. The number of methoxy groups -OCH3 is 1. The largest absolute Gasteiger partial charge is 0.495 e. The predicted octanol–water partition coefficient (Wildman–Crippen LogP) is 4.02. The quantitative estimate of drug-likeness (QED) is 0.333. The maximum atomic E-state index is 12.6. The number of benzene rings is 1. The molecule has 2 atom stereocenters. The first-order valence-corrected chi connectivity index (χ1v) is 13.2. The molecule has 2 aliphatic rings. The van der Waals surface area contributed by atoms with Gasteiger partial charge in [0, 0.05) is 13.0 Å². The van der Waals surface area contributed by atoms with Gasteiger partial charge in [0.2, 0.25) is 0 Å². The first kappa shape index (κ1) is 26.7. The molecule has 3 rings (SSSR count). The summed E-state index contributed by atoms with van der Waals surface area (Å²) in [4.78, 5) is 18.1. The second-order valence-corrected chi connectivity index (χ2v) is 10.8. The van der Waals surface area contributed by atoms with Gasteiger partial charge in [-0.15, -0.1) is 0 Å². The highest BCUT2D eigenvalue weighted by Crippen LogP contribution is 2.44. The van der Waals surface area contributed by atoms with E-state index >= 15 is 0 Å². The number of hydrogen-bond donors (Lipinski definition) is 3. The maximum Gasteiger partial charge on any atom is 0.269 e. The number of amides is 1. The fourth-order valence-corrected chi connectivity index (χ4v) is 6.73. The Morgan fingerprint density at radius 3 is 2.67 bits per heavy atom. The summed E-state index contributed by atoms with van der Waals surface area (Å²) in [7, 11) is 1.50. The molecule has 1 amide bonds. The molecule has 4 N–H and O–H groups in total. The van der Waals surface area contributed by atoms with Crippen molar-refractivity contribution in [3.8, 4) is 5.75 Å². The summed E-state index contributed by atoms with van der Waals surface area (Å²) in [6.07, 6.45) is 2.08. The van der Waals surface area contributed by atoms with E-state index in [1.807, 2.05) is 12.1 Å². The standard InChI is InChI=1S/C21H23Br4N3O5/c1-31-18-14(24)9-21(19(29)16(18)25)10-15(28-33-21)20(30)27-5-2-6-32-17-12(22)7-11(3-4-26)8-13(17)23/h7-9,19,29H,2-6,10,26H2,1H3,(H,27,30). The second-order valence-electron chi connectivity index (χ2n) is 7.42. The molecular weight excluding hydrogens is 694 g/mol. The molecular formula is C21H23Br4N3O5. The first-order valence-electron chi connectivity index (χ1n) is 10.1. The number of allylic oxidation sites excluding steroid dienone is 1. The van der Waals surface area contributed by atoms with Crippen molar-refractivity contribution in [3.05, 3.63) is 47.4 Å². The van der Waals surface area contributed by atoms with Crippen LogP contribution < -0.4 is 15.8 Å². The van der Waals surface area contributed by atoms with Gasteiger partial charge >= 0.3 is 0 Å². The topological polar surface area (TPSA) is 115 Å². The zero-order valence-corrected chi connectivity index (χ0v) is 24.0. The van der Waals surface area contributed by atoms with Gasteiger partial charge in [0.25, 0.3) is 5.91 Å². The van der Waals surface area contributed by atoms with Crippen LogP contribution in [-0.2, 0) is 20.8 Å². The van der Waals surface area contributed by atoms with Crippen LogP contribution in [0.25, 0.3) is 0 Å². The molecule has 0 bridgehead atoms. The number of ether oxygens (including phenoxy) is 2. The van der Waals surface area contributed by atoms with Crippen LogP contribution in [0.4, 0.5) is 0 Å². The Morgan fingerprint density at radius 2 is 2.03 bits per heavy atom. The second kappa shape index (κ2) is 11.7. The molecule has 12 heteroatoms. The van der Waals surface area contributed by atoms with E-state index in [4.69, 9.17) is 20.0 Å². The number of rotatable bonds is 9. The van der Waals surface area contributed by atoms with Gasteiger partial charge in [-0.25, -0.2) is 0 Å². The predicted molar refractivity (Wildman–Crippen MR) is 140 cm³/mol. The van der Waals surface area contributed by atoms with Crippen LogP contribution in [0.5, 0.6) is 5.75 Å². The highest BCUT2D eigenvalue weighted by Gasteiger charge is 2.50. The first-order chi connectivity index (χ1) is 15.7. The van der Waals surface area contributed by atoms with E-state index < -0.39 is 11.7 Å². The summed E-state index contributed by atoms with van der Waals surface area (Å²) in [5, 5.41) is 17.4. The molecule has 0 saturated carbocycles. The summed E-state index contributed by atoms with van der Waals surface area (Å²) >= 11 is 13.8. The summed E-state index contributed by atoms with van der Waals surface area (Å²) in [5.41, 5.74) is 5.75. The van der Waals surface area contributed by atoms with Crippen molar-refractivity contribution >= 4 is 75.3 Å². The van der Waals surface area contributed by atoms with E-state index in [1.165, 1.54) is 7.11 Å². The van der Waals surface area contributed by atoms with Gasteiger partial charge in [0.05, 0.1) is 31.6 Å². The summed E-state index contributed by atoms with van der Waals surface area (Å²) in [5.74, 6) is 0.812. The number of halogens is 4. The lowest BCUT2D eigenvalue weighted by Crippen LogP contribution is -2.45. The van der Waals surface area contributed by atoms with Gasteiger partial charge in [-0.3, -0.25) is 4.79 Å². The average Bonchev–Trinajstić information content (AvgIpc) is 3.19. The van der Waals surface area contributed by atoms with Crippen LogP contribution in [-0.4, -0.2) is 55.2 Å². The van der Waals surface area contributed by atoms with Crippen molar-refractivity contribution in [2.75, 3.05) is 26.8 Å². The number of nitrogens with one attached hydrogen (secondary N) is 1. The minimum absolute atomic E-state index is 0.118. The van der Waals surface area contributed by atoms with Crippen LogP contribution in [0.1, 0.15) is 18.4 Å². The van der Waals surface area contributed by atoms with Crippen LogP contribution in [0.2, 0.25) is 0 Å². The molecule has 33 heavy (non-hydrogen) atoms. The lowest BCUT2D eigenvalue weighted by atomic mass is 9.87. The Labute approximate surface area is 225 Å². The minimum atomic E-state index is -1.18. The third-order valence-corrected chi connectivity index (χ3v) is 7.65. The number of aliphatic hydroxyl groups is 1. The van der Waals surface area contributed by atoms with Crippen molar-refractivity contribution in [3.63, 3.8) is 0 Å². The molecule has 0 radical (unpaired) electrons. The van der Waals surface area contributed by atoms with Gasteiger partial charge in [-0.05, 0) is 107 Å². The number of hydrogen-bond acceptors (Lipinski definition) is 7. The Bertz CT molecular complexity index is 991. The van der Waals surface area contributed by atoms with E-state index in [2.05, 4.69) is 74.2 Å². The molecule has 0 fully saturated rings. The molecule has 1 aromatic rings. The van der Waals surface area contributed by atoms with E-state index in [-0.39, 0.29) is 18.0 Å². The zero-order valence-electron chi connectivity index (χ0n) is 17.7. The van der Waals surface area contributed by atoms with E-state index in [0.717, 1.165) is 20.9 Å². The number of nitrogens with two attached hydrogens (primary N) is 1. The molecule has 1 aliphatic heterocycles. The molecule has 1 aromatic carbocycles. The van der Waals surface area contributed by atoms with Crippen molar-refractivity contribution in [1.82, 2.24) is 5.32 Å². The Balaban J connectivity index is 1.48. The molecule has 2 unspecified atom stereocenters. The van der Waals surface area contributed by atoms with E-state index in [0.29, 0.717) is 46.6 Å². The number of nitrogens with zero attached hydrogens (tertiary/aromatic N) is 1. The van der Waals surface area contributed by atoms with Gasteiger partial charge in [-0.2, -0.15) is 0 Å². The van der Waals surface area contributed by atoms with Gasteiger partial charge in [-0.1, -0.05) is 5.16 Å². The SMILES string of the molecule is COC1=C(Br)C(O)C2(C=C1Br)CC(C(=O)NCCCOc1c(Br)cc(CCN)cc1Br)=NO2. The van der Waals surface area contributed by atoms with Crippen molar-refractivity contribution in [2.24, 2.45) is 10.9 Å². The normalized spacial score (nSPS) is 22.1. The Hall–Kier alpha value is -0.920. The third-order valence-electron chi connectivity index (χ3n) is 5.09. The summed E-state index contributed by atoms with van der Waals surface area (Å²) in [6, 6.07) is 3.97. The molecule has 180 valence electrons. The van der Waals surface area contributed by atoms with Crippen molar-refractivity contribution in [1.29, 1.82) is 0 Å². The summed E-state index contributed by atoms with van der Waals surface area (Å²) < 4.78 is 13.8. The van der Waals surface area contributed by atoms with Crippen LogP contribution in [0.15, 0.2) is 47.0 Å². The van der Waals surface area contributed by atoms with Gasteiger partial charge in [0.15, 0.2) is 5.60 Å². The van der Waals surface area contributed by atoms with Gasteiger partial charge < -0.3 is 30.5 Å². The van der Waals surface area contributed by atoms with E-state index in [9.17, 15) is 9.90 Å². The molecule has 1 heterocycles. The average molecular weight is 717 g/mol. The molecule has 1 aliphatic carbocycles. The van der Waals surface area contributed by atoms with Crippen LogP contribution in [0.3, 0.4) is 0 Å². The number of aliphatic hydroxyl groups excluding tert-OH is 1. The van der Waals surface area contributed by atoms with E-state index in [1.54, 1.807) is 6.08 Å². The third kappa shape index (κ3) is 6.02. The smallest absolute Gasteiger partial charge is 0.269 e. The van der Waals surface area contributed by atoms with Crippen molar-refractivity contribution in [2.45, 2.75) is 31.0 Å².